The quantitative estimate of drug-likeness (QED) is 0.667. The minimum atomic E-state index is -0.829. The standard InChI is InChI=1S/C21H20N4O3/c1-25(2)17(19-11-14-7-4-6-10-18(14)28-19)13-23-20(26)21(27)24-16-9-5-3-8-15(16)12-22/h3-11,17H,13H2,1-2H3,(H,23,26)(H,24,27)/t17-/m0/s1. The molecule has 0 aliphatic heterocycles. The zero-order valence-corrected chi connectivity index (χ0v) is 15.6. The number of furan rings is 1. The highest BCUT2D eigenvalue weighted by molar-refractivity contribution is 6.39. The van der Waals surface area contributed by atoms with E-state index >= 15 is 0 Å². The molecule has 28 heavy (non-hydrogen) atoms. The number of fused-ring (bicyclic) bond motifs is 1. The Hall–Kier alpha value is -3.63. The van der Waals surface area contributed by atoms with Crippen molar-refractivity contribution in [3.05, 3.63) is 65.9 Å². The van der Waals surface area contributed by atoms with Crippen molar-refractivity contribution < 1.29 is 14.0 Å². The number of benzene rings is 2. The van der Waals surface area contributed by atoms with E-state index in [-0.39, 0.29) is 18.2 Å². The van der Waals surface area contributed by atoms with Crippen molar-refractivity contribution in [2.75, 3.05) is 26.0 Å². The van der Waals surface area contributed by atoms with Gasteiger partial charge in [0.15, 0.2) is 0 Å². The molecule has 2 aromatic carbocycles. The van der Waals surface area contributed by atoms with Crippen molar-refractivity contribution in [3.63, 3.8) is 0 Å². The maximum Gasteiger partial charge on any atom is 0.313 e. The van der Waals surface area contributed by atoms with E-state index in [0.717, 1.165) is 11.0 Å². The highest BCUT2D eigenvalue weighted by Crippen LogP contribution is 2.26. The van der Waals surface area contributed by atoms with Crippen LogP contribution in [0.2, 0.25) is 0 Å². The number of amides is 2. The van der Waals surface area contributed by atoms with Gasteiger partial charge in [0.1, 0.15) is 17.4 Å². The van der Waals surface area contributed by atoms with Crippen molar-refractivity contribution in [2.24, 2.45) is 0 Å². The van der Waals surface area contributed by atoms with Crippen LogP contribution in [0.5, 0.6) is 0 Å². The Morgan fingerprint density at radius 3 is 2.54 bits per heavy atom. The second kappa shape index (κ2) is 8.37. The molecule has 0 spiro atoms. The number of carbonyl (C=O) groups is 2. The fourth-order valence-electron chi connectivity index (χ4n) is 2.84. The Labute approximate surface area is 162 Å². The number of nitriles is 1. The van der Waals surface area contributed by atoms with Gasteiger partial charge in [0.25, 0.3) is 0 Å². The number of hydrogen-bond donors (Lipinski definition) is 2. The predicted molar refractivity (Wildman–Crippen MR) is 105 cm³/mol. The molecule has 1 atom stereocenters. The van der Waals surface area contributed by atoms with Gasteiger partial charge in [-0.05, 0) is 38.4 Å². The summed E-state index contributed by atoms with van der Waals surface area (Å²) in [4.78, 5) is 26.3. The number of hydrogen-bond acceptors (Lipinski definition) is 5. The molecule has 1 heterocycles. The Bertz CT molecular complexity index is 1020. The van der Waals surface area contributed by atoms with Crippen molar-refractivity contribution in [3.8, 4) is 6.07 Å². The van der Waals surface area contributed by atoms with Gasteiger partial charge in [0, 0.05) is 11.9 Å². The predicted octanol–water partition coefficient (Wildman–Crippen LogP) is 2.66. The summed E-state index contributed by atoms with van der Waals surface area (Å²) < 4.78 is 5.88. The number of anilines is 1. The van der Waals surface area contributed by atoms with Gasteiger partial charge in [-0.25, -0.2) is 0 Å². The molecule has 0 aliphatic rings. The number of nitrogens with zero attached hydrogens (tertiary/aromatic N) is 2. The van der Waals surface area contributed by atoms with E-state index in [2.05, 4.69) is 10.6 Å². The third kappa shape index (κ3) is 4.19. The van der Waals surface area contributed by atoms with Crippen LogP contribution in [0.1, 0.15) is 17.4 Å². The normalized spacial score (nSPS) is 11.8. The van der Waals surface area contributed by atoms with Crippen molar-refractivity contribution >= 4 is 28.5 Å². The molecule has 0 saturated carbocycles. The van der Waals surface area contributed by atoms with Gasteiger partial charge in [-0.3, -0.25) is 14.5 Å². The zero-order valence-electron chi connectivity index (χ0n) is 15.6. The second-order valence-corrected chi connectivity index (χ2v) is 6.49. The molecule has 0 fully saturated rings. The summed E-state index contributed by atoms with van der Waals surface area (Å²) in [6, 6.07) is 17.8. The Kier molecular flexibility index (Phi) is 5.72. The Morgan fingerprint density at radius 1 is 1.11 bits per heavy atom. The summed E-state index contributed by atoms with van der Waals surface area (Å²) >= 11 is 0. The van der Waals surface area contributed by atoms with E-state index in [1.807, 2.05) is 55.4 Å². The van der Waals surface area contributed by atoms with Crippen LogP contribution in [0.15, 0.2) is 59.0 Å². The zero-order chi connectivity index (χ0) is 20.1. The smallest absolute Gasteiger partial charge is 0.313 e. The maximum atomic E-state index is 12.2. The summed E-state index contributed by atoms with van der Waals surface area (Å²) in [5.41, 5.74) is 1.35. The fourth-order valence-corrected chi connectivity index (χ4v) is 2.84. The number of rotatable bonds is 5. The fraction of sp³-hybridized carbons (Fsp3) is 0.190. The number of likely N-dealkylation sites (N-methyl/N-ethyl adjacent to an activating group) is 1. The van der Waals surface area contributed by atoms with E-state index in [0.29, 0.717) is 11.4 Å². The first kappa shape index (κ1) is 19.1. The molecule has 7 nitrogen and oxygen atoms in total. The summed E-state index contributed by atoms with van der Waals surface area (Å²) in [7, 11) is 3.74. The molecule has 0 radical (unpaired) electrons. The van der Waals surface area contributed by atoms with Crippen LogP contribution in [0.4, 0.5) is 5.69 Å². The van der Waals surface area contributed by atoms with E-state index < -0.39 is 11.8 Å². The van der Waals surface area contributed by atoms with Crippen LogP contribution >= 0.6 is 0 Å². The lowest BCUT2D eigenvalue weighted by Gasteiger charge is -2.22. The minimum Gasteiger partial charge on any atom is -0.459 e. The monoisotopic (exact) mass is 376 g/mol. The first-order chi connectivity index (χ1) is 13.5. The second-order valence-electron chi connectivity index (χ2n) is 6.49. The largest absolute Gasteiger partial charge is 0.459 e. The number of nitrogens with one attached hydrogen (secondary N) is 2. The minimum absolute atomic E-state index is 0.193. The Balaban J connectivity index is 1.67. The molecular weight excluding hydrogens is 356 g/mol. The molecule has 142 valence electrons. The van der Waals surface area contributed by atoms with Gasteiger partial charge in [-0.1, -0.05) is 30.3 Å². The molecular formula is C21H20N4O3. The average Bonchev–Trinajstić information content (AvgIpc) is 3.11. The van der Waals surface area contributed by atoms with E-state index in [4.69, 9.17) is 9.68 Å². The van der Waals surface area contributed by atoms with Crippen LogP contribution in [0.3, 0.4) is 0 Å². The summed E-state index contributed by atoms with van der Waals surface area (Å²) in [5.74, 6) is -0.915. The molecule has 7 heteroatoms. The van der Waals surface area contributed by atoms with Gasteiger partial charge >= 0.3 is 11.8 Å². The van der Waals surface area contributed by atoms with Crippen molar-refractivity contribution in [1.82, 2.24) is 10.2 Å². The van der Waals surface area contributed by atoms with Crippen LogP contribution in [-0.2, 0) is 9.59 Å². The molecule has 0 saturated heterocycles. The Morgan fingerprint density at radius 2 is 1.82 bits per heavy atom. The molecule has 3 rings (SSSR count). The number of para-hydroxylation sites is 2. The van der Waals surface area contributed by atoms with E-state index in [1.165, 1.54) is 0 Å². The average molecular weight is 376 g/mol. The molecule has 0 unspecified atom stereocenters. The topological polar surface area (TPSA) is 98.4 Å². The van der Waals surface area contributed by atoms with Gasteiger partial charge in [0.2, 0.25) is 0 Å². The van der Waals surface area contributed by atoms with E-state index in [9.17, 15) is 9.59 Å². The highest BCUT2D eigenvalue weighted by atomic mass is 16.3. The third-order valence-corrected chi connectivity index (χ3v) is 4.35. The van der Waals surface area contributed by atoms with Crippen LogP contribution in [-0.4, -0.2) is 37.4 Å². The molecule has 2 amide bonds. The van der Waals surface area contributed by atoms with Crippen LogP contribution in [0.25, 0.3) is 11.0 Å². The molecule has 0 aliphatic carbocycles. The first-order valence-electron chi connectivity index (χ1n) is 8.73. The van der Waals surface area contributed by atoms with Crippen molar-refractivity contribution in [2.45, 2.75) is 6.04 Å². The van der Waals surface area contributed by atoms with Gasteiger partial charge in [-0.2, -0.15) is 5.26 Å². The van der Waals surface area contributed by atoms with Gasteiger partial charge < -0.3 is 15.1 Å². The molecule has 1 aromatic heterocycles. The maximum absolute atomic E-state index is 12.2. The first-order valence-corrected chi connectivity index (χ1v) is 8.73. The summed E-state index contributed by atoms with van der Waals surface area (Å²) in [6.45, 7) is 0.193. The van der Waals surface area contributed by atoms with Crippen LogP contribution in [0, 0.1) is 11.3 Å². The lowest BCUT2D eigenvalue weighted by Crippen LogP contribution is -2.40. The van der Waals surface area contributed by atoms with Crippen LogP contribution < -0.4 is 10.6 Å². The lowest BCUT2D eigenvalue weighted by atomic mass is 10.1. The van der Waals surface area contributed by atoms with Gasteiger partial charge in [0.05, 0.1) is 17.3 Å². The third-order valence-electron chi connectivity index (χ3n) is 4.35. The van der Waals surface area contributed by atoms with Gasteiger partial charge in [-0.15, -0.1) is 0 Å². The summed E-state index contributed by atoms with van der Waals surface area (Å²) in [5, 5.41) is 15.1. The van der Waals surface area contributed by atoms with Crippen molar-refractivity contribution in [1.29, 1.82) is 5.26 Å². The molecule has 3 aromatic rings. The summed E-state index contributed by atoms with van der Waals surface area (Å²) in [6.07, 6.45) is 0. The molecule has 0 bridgehead atoms. The molecule has 2 N–H and O–H groups in total. The SMILES string of the molecule is CN(C)[C@@H](CNC(=O)C(=O)Nc1ccccc1C#N)c1cc2ccccc2o1. The lowest BCUT2D eigenvalue weighted by molar-refractivity contribution is -0.136. The number of carbonyl (C=O) groups excluding carboxylic acids is 2. The highest BCUT2D eigenvalue weighted by Gasteiger charge is 2.22. The van der Waals surface area contributed by atoms with E-state index in [1.54, 1.807) is 24.3 Å².